The predicted octanol–water partition coefficient (Wildman–Crippen LogP) is 4.67. The highest BCUT2D eigenvalue weighted by atomic mass is 16.5. The van der Waals surface area contributed by atoms with Crippen LogP contribution in [0.3, 0.4) is 0 Å². The Labute approximate surface area is 146 Å². The maximum atomic E-state index is 12.2. The second kappa shape index (κ2) is 5.59. The number of pyridine rings is 1. The Balaban J connectivity index is 2.17. The Kier molecular flexibility index (Phi) is 3.49. The van der Waals surface area contributed by atoms with Crippen LogP contribution in [0, 0.1) is 13.8 Å². The smallest absolute Gasteiger partial charge is 0.338 e. The van der Waals surface area contributed by atoms with Gasteiger partial charge in [0.2, 0.25) is 0 Å². The molecule has 25 heavy (non-hydrogen) atoms. The van der Waals surface area contributed by atoms with Crippen LogP contribution < -0.4 is 0 Å². The molecule has 0 radical (unpaired) electrons. The lowest BCUT2D eigenvalue weighted by Crippen LogP contribution is -2.04. The number of aryl methyl sites for hydroxylation is 3. The normalized spacial score (nSPS) is 11.5. The minimum atomic E-state index is -0.279. The Morgan fingerprint density at radius 3 is 2.72 bits per heavy atom. The lowest BCUT2D eigenvalue weighted by atomic mass is 9.98. The number of hydrogen-bond donors (Lipinski definition) is 0. The molecule has 0 fully saturated rings. The molecule has 2 aromatic carbocycles. The second-order valence-corrected chi connectivity index (χ2v) is 6.38. The largest absolute Gasteiger partial charge is 0.462 e. The molecule has 0 spiro atoms. The van der Waals surface area contributed by atoms with Crippen LogP contribution in [-0.4, -0.2) is 22.1 Å². The number of fused-ring (bicyclic) bond motifs is 4. The first-order valence-electron chi connectivity index (χ1n) is 8.47. The molecular weight excluding hydrogens is 312 g/mol. The number of aromatic nitrogens is 2. The highest BCUT2D eigenvalue weighted by molar-refractivity contribution is 6.17. The molecule has 2 heterocycles. The molecule has 0 aliphatic heterocycles. The molecule has 0 aliphatic carbocycles. The molecule has 0 unspecified atom stereocenters. The summed E-state index contributed by atoms with van der Waals surface area (Å²) in [6.45, 7) is 6.44. The van der Waals surface area contributed by atoms with E-state index < -0.39 is 0 Å². The average molecular weight is 332 g/mol. The van der Waals surface area contributed by atoms with Gasteiger partial charge in [-0.25, -0.2) is 4.79 Å². The number of benzene rings is 2. The zero-order valence-electron chi connectivity index (χ0n) is 14.9. The fraction of sp³-hybridized carbons (Fsp3) is 0.238. The zero-order valence-corrected chi connectivity index (χ0v) is 14.9. The molecule has 0 amide bonds. The summed E-state index contributed by atoms with van der Waals surface area (Å²) in [5, 5.41) is 3.41. The van der Waals surface area contributed by atoms with Crippen LogP contribution in [0.5, 0.6) is 0 Å². The fourth-order valence-corrected chi connectivity index (χ4v) is 3.86. The number of nitrogens with zero attached hydrogens (tertiary/aromatic N) is 2. The van der Waals surface area contributed by atoms with Gasteiger partial charge in [-0.3, -0.25) is 4.98 Å². The van der Waals surface area contributed by atoms with E-state index in [0.29, 0.717) is 12.2 Å². The quantitative estimate of drug-likeness (QED) is 0.501. The van der Waals surface area contributed by atoms with E-state index in [-0.39, 0.29) is 5.97 Å². The molecule has 0 bridgehead atoms. The summed E-state index contributed by atoms with van der Waals surface area (Å²) in [5.74, 6) is -0.279. The van der Waals surface area contributed by atoms with Crippen molar-refractivity contribution < 1.29 is 9.53 Å². The SMILES string of the molecule is CCOC(=O)c1ccc2c(c1)c1c(C)c3cccnc3c(C)c1n2C. The van der Waals surface area contributed by atoms with Crippen LogP contribution in [0.2, 0.25) is 0 Å². The molecule has 0 aliphatic rings. The molecule has 0 atom stereocenters. The van der Waals surface area contributed by atoms with Crippen molar-refractivity contribution in [1.29, 1.82) is 0 Å². The molecule has 0 saturated carbocycles. The molecule has 0 N–H and O–H groups in total. The summed E-state index contributed by atoms with van der Waals surface area (Å²) in [5.41, 5.74) is 6.24. The van der Waals surface area contributed by atoms with E-state index >= 15 is 0 Å². The van der Waals surface area contributed by atoms with Gasteiger partial charge in [0.15, 0.2) is 0 Å². The molecule has 2 aromatic heterocycles. The van der Waals surface area contributed by atoms with Crippen LogP contribution in [0.4, 0.5) is 0 Å². The third kappa shape index (κ3) is 2.14. The van der Waals surface area contributed by atoms with E-state index in [2.05, 4.69) is 36.5 Å². The summed E-state index contributed by atoms with van der Waals surface area (Å²) in [6, 6.07) is 9.86. The van der Waals surface area contributed by atoms with Crippen molar-refractivity contribution in [3.63, 3.8) is 0 Å². The number of rotatable bonds is 2. The van der Waals surface area contributed by atoms with E-state index in [0.717, 1.165) is 27.4 Å². The van der Waals surface area contributed by atoms with Gasteiger partial charge in [0, 0.05) is 34.9 Å². The van der Waals surface area contributed by atoms with Crippen molar-refractivity contribution in [2.24, 2.45) is 7.05 Å². The van der Waals surface area contributed by atoms with Crippen molar-refractivity contribution in [1.82, 2.24) is 9.55 Å². The van der Waals surface area contributed by atoms with Gasteiger partial charge in [-0.2, -0.15) is 0 Å². The van der Waals surface area contributed by atoms with Gasteiger partial charge in [-0.15, -0.1) is 0 Å². The van der Waals surface area contributed by atoms with Crippen molar-refractivity contribution in [2.75, 3.05) is 6.61 Å². The number of esters is 1. The maximum absolute atomic E-state index is 12.2. The van der Waals surface area contributed by atoms with E-state index in [4.69, 9.17) is 4.74 Å². The minimum Gasteiger partial charge on any atom is -0.462 e. The van der Waals surface area contributed by atoms with Crippen molar-refractivity contribution in [3.05, 3.63) is 53.2 Å². The van der Waals surface area contributed by atoms with Crippen molar-refractivity contribution in [2.45, 2.75) is 20.8 Å². The Bertz CT molecular complexity index is 1160. The number of carbonyl (C=O) groups excluding carboxylic acids is 1. The van der Waals surface area contributed by atoms with Crippen molar-refractivity contribution in [3.8, 4) is 0 Å². The van der Waals surface area contributed by atoms with Crippen LogP contribution >= 0.6 is 0 Å². The topological polar surface area (TPSA) is 44.1 Å². The zero-order chi connectivity index (χ0) is 17.7. The maximum Gasteiger partial charge on any atom is 0.338 e. The highest BCUT2D eigenvalue weighted by Gasteiger charge is 2.18. The average Bonchev–Trinajstić information content (AvgIpc) is 2.92. The summed E-state index contributed by atoms with van der Waals surface area (Å²) in [4.78, 5) is 16.7. The van der Waals surface area contributed by atoms with E-state index in [9.17, 15) is 4.79 Å². The summed E-state index contributed by atoms with van der Waals surface area (Å²) < 4.78 is 7.35. The second-order valence-electron chi connectivity index (χ2n) is 6.38. The van der Waals surface area contributed by atoms with Gasteiger partial charge in [-0.1, -0.05) is 6.07 Å². The third-order valence-electron chi connectivity index (χ3n) is 5.01. The van der Waals surface area contributed by atoms with Gasteiger partial charge in [0.05, 0.1) is 23.2 Å². The van der Waals surface area contributed by atoms with Crippen molar-refractivity contribution >= 4 is 38.7 Å². The molecule has 0 saturated heterocycles. The molecular formula is C21H20N2O2. The lowest BCUT2D eigenvalue weighted by Gasteiger charge is -2.09. The summed E-state index contributed by atoms with van der Waals surface area (Å²) >= 11 is 0. The highest BCUT2D eigenvalue weighted by Crippen LogP contribution is 2.37. The van der Waals surface area contributed by atoms with Crippen LogP contribution in [0.1, 0.15) is 28.4 Å². The first-order chi connectivity index (χ1) is 12.0. The van der Waals surface area contributed by atoms with Gasteiger partial charge in [0.25, 0.3) is 0 Å². The van der Waals surface area contributed by atoms with E-state index in [1.54, 1.807) is 0 Å². The lowest BCUT2D eigenvalue weighted by molar-refractivity contribution is 0.0526. The van der Waals surface area contributed by atoms with Crippen LogP contribution in [0.25, 0.3) is 32.7 Å². The standard InChI is InChI=1S/C21H20N2O2/c1-5-25-21(24)14-8-9-17-16(11-14)18-12(2)15-7-6-10-22-19(15)13(3)20(18)23(17)4/h6-11H,5H2,1-4H3. The van der Waals surface area contributed by atoms with Crippen LogP contribution in [0.15, 0.2) is 36.5 Å². The molecule has 4 nitrogen and oxygen atoms in total. The first kappa shape index (κ1) is 15.6. The Morgan fingerprint density at radius 1 is 1.16 bits per heavy atom. The predicted molar refractivity (Wildman–Crippen MR) is 101 cm³/mol. The molecule has 126 valence electrons. The molecule has 4 rings (SSSR count). The monoisotopic (exact) mass is 332 g/mol. The van der Waals surface area contributed by atoms with Gasteiger partial charge in [-0.05, 0) is 56.2 Å². The molecule has 4 aromatic rings. The Morgan fingerprint density at radius 2 is 1.96 bits per heavy atom. The third-order valence-corrected chi connectivity index (χ3v) is 5.01. The molecule has 4 heteroatoms. The van der Waals surface area contributed by atoms with Crippen LogP contribution in [-0.2, 0) is 11.8 Å². The van der Waals surface area contributed by atoms with Gasteiger partial charge < -0.3 is 9.30 Å². The number of ether oxygens (including phenoxy) is 1. The van der Waals surface area contributed by atoms with Gasteiger partial charge >= 0.3 is 5.97 Å². The minimum absolute atomic E-state index is 0.279. The summed E-state index contributed by atoms with van der Waals surface area (Å²) in [7, 11) is 2.07. The summed E-state index contributed by atoms with van der Waals surface area (Å²) in [6.07, 6.45) is 1.84. The number of carbonyl (C=O) groups is 1. The van der Waals surface area contributed by atoms with Gasteiger partial charge in [0.1, 0.15) is 0 Å². The number of hydrogen-bond acceptors (Lipinski definition) is 3. The van der Waals surface area contributed by atoms with E-state index in [1.165, 1.54) is 16.5 Å². The fourth-order valence-electron chi connectivity index (χ4n) is 3.86. The first-order valence-corrected chi connectivity index (χ1v) is 8.47. The Hall–Kier alpha value is -2.88. The van der Waals surface area contributed by atoms with E-state index in [1.807, 2.05) is 37.4 Å².